The summed E-state index contributed by atoms with van der Waals surface area (Å²) in [6, 6.07) is 0. The Bertz CT molecular complexity index is 148. The van der Waals surface area contributed by atoms with Gasteiger partial charge in [0.25, 0.3) is 0 Å². The van der Waals surface area contributed by atoms with Gasteiger partial charge >= 0.3 is 5.97 Å². The normalized spacial score (nSPS) is 11.0. The van der Waals surface area contributed by atoms with Crippen molar-refractivity contribution < 1.29 is 9.53 Å². The first-order valence-corrected chi connectivity index (χ1v) is 4.47. The van der Waals surface area contributed by atoms with Gasteiger partial charge in [-0.15, -0.1) is 0 Å². The molecule has 0 atom stereocenters. The summed E-state index contributed by atoms with van der Waals surface area (Å²) in [4.78, 5) is 11.0. The highest BCUT2D eigenvalue weighted by Crippen LogP contribution is 2.00. The molecule has 0 N–H and O–H groups in total. The Morgan fingerprint density at radius 3 is 2.67 bits per heavy atom. The molecule has 2 heteroatoms. The van der Waals surface area contributed by atoms with Crippen molar-refractivity contribution in [3.63, 3.8) is 0 Å². The standard InChI is InChI=1S/C10H18O2/c1-4-5-6-7-8-10(11)12-9(2)3/h4-5,9H,6-8H2,1-3H3/b5-4-. The van der Waals surface area contributed by atoms with Crippen molar-refractivity contribution in [3.8, 4) is 0 Å². The van der Waals surface area contributed by atoms with Gasteiger partial charge < -0.3 is 4.74 Å². The molecule has 0 aromatic carbocycles. The van der Waals surface area contributed by atoms with E-state index in [-0.39, 0.29) is 12.1 Å². The van der Waals surface area contributed by atoms with E-state index in [2.05, 4.69) is 6.08 Å². The third-order valence-electron chi connectivity index (χ3n) is 1.35. The van der Waals surface area contributed by atoms with Crippen molar-refractivity contribution in [2.45, 2.75) is 46.1 Å². The summed E-state index contributed by atoms with van der Waals surface area (Å²) >= 11 is 0. The summed E-state index contributed by atoms with van der Waals surface area (Å²) in [6.07, 6.45) is 6.44. The first kappa shape index (κ1) is 11.2. The van der Waals surface area contributed by atoms with Crippen LogP contribution in [-0.4, -0.2) is 12.1 Å². The number of carbonyl (C=O) groups excluding carboxylic acids is 1. The van der Waals surface area contributed by atoms with Crippen LogP contribution in [0.25, 0.3) is 0 Å². The Morgan fingerprint density at radius 2 is 2.17 bits per heavy atom. The van der Waals surface area contributed by atoms with Gasteiger partial charge in [-0.05, 0) is 33.6 Å². The second-order valence-corrected chi connectivity index (χ2v) is 3.00. The Labute approximate surface area is 74.6 Å². The van der Waals surface area contributed by atoms with Crippen LogP contribution in [0.3, 0.4) is 0 Å². The fourth-order valence-electron chi connectivity index (χ4n) is 0.853. The lowest BCUT2D eigenvalue weighted by molar-refractivity contribution is -0.147. The van der Waals surface area contributed by atoms with E-state index in [0.29, 0.717) is 6.42 Å². The molecule has 12 heavy (non-hydrogen) atoms. The van der Waals surface area contributed by atoms with E-state index >= 15 is 0 Å². The largest absolute Gasteiger partial charge is 0.463 e. The Hall–Kier alpha value is -0.790. The lowest BCUT2D eigenvalue weighted by Gasteiger charge is -2.06. The smallest absolute Gasteiger partial charge is 0.306 e. The van der Waals surface area contributed by atoms with Gasteiger partial charge in [0.1, 0.15) is 0 Å². The topological polar surface area (TPSA) is 26.3 Å². The van der Waals surface area contributed by atoms with Gasteiger partial charge in [-0.3, -0.25) is 4.79 Å². The summed E-state index contributed by atoms with van der Waals surface area (Å²) < 4.78 is 4.97. The van der Waals surface area contributed by atoms with Gasteiger partial charge in [0.05, 0.1) is 6.10 Å². The molecule has 0 radical (unpaired) electrons. The number of ether oxygens (including phenoxy) is 1. The Morgan fingerprint density at radius 1 is 1.50 bits per heavy atom. The van der Waals surface area contributed by atoms with Crippen LogP contribution >= 0.6 is 0 Å². The monoisotopic (exact) mass is 170 g/mol. The van der Waals surface area contributed by atoms with Crippen molar-refractivity contribution in [2.24, 2.45) is 0 Å². The molecule has 0 amide bonds. The van der Waals surface area contributed by atoms with Gasteiger partial charge in [-0.2, -0.15) is 0 Å². The lowest BCUT2D eigenvalue weighted by Crippen LogP contribution is -2.10. The molecule has 0 saturated carbocycles. The zero-order chi connectivity index (χ0) is 9.40. The SMILES string of the molecule is C/C=C\CCCC(=O)OC(C)C. The fraction of sp³-hybridized carbons (Fsp3) is 0.700. The van der Waals surface area contributed by atoms with E-state index in [1.54, 1.807) is 0 Å². The van der Waals surface area contributed by atoms with Gasteiger partial charge in [-0.25, -0.2) is 0 Å². The molecule has 0 unspecified atom stereocenters. The predicted octanol–water partition coefficient (Wildman–Crippen LogP) is 2.68. The van der Waals surface area contributed by atoms with Crippen LogP contribution in [-0.2, 0) is 9.53 Å². The number of rotatable bonds is 5. The quantitative estimate of drug-likeness (QED) is 0.360. The molecule has 0 rings (SSSR count). The number of allylic oxidation sites excluding steroid dienone is 2. The average molecular weight is 170 g/mol. The van der Waals surface area contributed by atoms with Crippen LogP contribution in [0, 0.1) is 0 Å². The summed E-state index contributed by atoms with van der Waals surface area (Å²) in [5.41, 5.74) is 0. The van der Waals surface area contributed by atoms with Crippen molar-refractivity contribution in [1.82, 2.24) is 0 Å². The molecular weight excluding hydrogens is 152 g/mol. The molecule has 0 aliphatic carbocycles. The third kappa shape index (κ3) is 7.32. The van der Waals surface area contributed by atoms with E-state index in [1.807, 2.05) is 26.8 Å². The van der Waals surface area contributed by atoms with Crippen LogP contribution in [0.2, 0.25) is 0 Å². The molecule has 0 bridgehead atoms. The van der Waals surface area contributed by atoms with Gasteiger partial charge in [-0.1, -0.05) is 12.2 Å². The van der Waals surface area contributed by atoms with Gasteiger partial charge in [0.15, 0.2) is 0 Å². The summed E-state index contributed by atoms with van der Waals surface area (Å²) in [5, 5.41) is 0. The van der Waals surface area contributed by atoms with Gasteiger partial charge in [0.2, 0.25) is 0 Å². The number of hydrogen-bond donors (Lipinski definition) is 0. The van der Waals surface area contributed by atoms with Crippen molar-refractivity contribution in [1.29, 1.82) is 0 Å². The molecular formula is C10H18O2. The van der Waals surface area contributed by atoms with Crippen molar-refractivity contribution in [3.05, 3.63) is 12.2 Å². The third-order valence-corrected chi connectivity index (χ3v) is 1.35. The molecule has 0 saturated heterocycles. The van der Waals surface area contributed by atoms with Crippen LogP contribution in [0.15, 0.2) is 12.2 Å². The highest BCUT2D eigenvalue weighted by molar-refractivity contribution is 5.69. The van der Waals surface area contributed by atoms with Crippen LogP contribution in [0.5, 0.6) is 0 Å². The number of unbranched alkanes of at least 4 members (excludes halogenated alkanes) is 1. The number of esters is 1. The van der Waals surface area contributed by atoms with E-state index in [0.717, 1.165) is 12.8 Å². The maximum Gasteiger partial charge on any atom is 0.306 e. The molecule has 0 fully saturated rings. The zero-order valence-electron chi connectivity index (χ0n) is 8.17. The average Bonchev–Trinajstić information content (AvgIpc) is 1.97. The highest BCUT2D eigenvalue weighted by Gasteiger charge is 2.03. The minimum Gasteiger partial charge on any atom is -0.463 e. The molecule has 0 aromatic rings. The van der Waals surface area contributed by atoms with Gasteiger partial charge in [0, 0.05) is 6.42 Å². The first-order chi connectivity index (χ1) is 5.66. The first-order valence-electron chi connectivity index (χ1n) is 4.47. The fourth-order valence-corrected chi connectivity index (χ4v) is 0.853. The molecule has 0 heterocycles. The van der Waals surface area contributed by atoms with E-state index in [4.69, 9.17) is 4.74 Å². The molecule has 0 spiro atoms. The van der Waals surface area contributed by atoms with Crippen LogP contribution < -0.4 is 0 Å². The predicted molar refractivity (Wildman–Crippen MR) is 49.9 cm³/mol. The summed E-state index contributed by atoms with van der Waals surface area (Å²) in [5.74, 6) is -0.0884. The molecule has 0 aromatic heterocycles. The second kappa shape index (κ2) is 6.89. The maximum absolute atomic E-state index is 11.0. The lowest BCUT2D eigenvalue weighted by atomic mass is 10.2. The summed E-state index contributed by atoms with van der Waals surface area (Å²) in [7, 11) is 0. The minimum atomic E-state index is -0.0884. The molecule has 0 aliphatic heterocycles. The second-order valence-electron chi connectivity index (χ2n) is 3.00. The maximum atomic E-state index is 11.0. The summed E-state index contributed by atoms with van der Waals surface area (Å²) in [6.45, 7) is 5.71. The highest BCUT2D eigenvalue weighted by atomic mass is 16.5. The van der Waals surface area contributed by atoms with E-state index < -0.39 is 0 Å². The van der Waals surface area contributed by atoms with E-state index in [1.165, 1.54) is 0 Å². The van der Waals surface area contributed by atoms with Crippen molar-refractivity contribution in [2.75, 3.05) is 0 Å². The number of hydrogen-bond acceptors (Lipinski definition) is 2. The van der Waals surface area contributed by atoms with Crippen LogP contribution in [0.1, 0.15) is 40.0 Å². The molecule has 70 valence electrons. The van der Waals surface area contributed by atoms with Crippen LogP contribution in [0.4, 0.5) is 0 Å². The zero-order valence-corrected chi connectivity index (χ0v) is 8.17. The Balaban J connectivity index is 3.32. The van der Waals surface area contributed by atoms with E-state index in [9.17, 15) is 4.79 Å². The number of carbonyl (C=O) groups is 1. The minimum absolute atomic E-state index is 0.0132. The Kier molecular flexibility index (Phi) is 6.44. The molecule has 2 nitrogen and oxygen atoms in total. The van der Waals surface area contributed by atoms with Crippen molar-refractivity contribution >= 4 is 5.97 Å². The molecule has 0 aliphatic rings.